The lowest BCUT2D eigenvalue weighted by Gasteiger charge is -2.24. The number of ketones is 1. The smallest absolute Gasteiger partial charge is 0.175 e. The van der Waals surface area contributed by atoms with Gasteiger partial charge in [-0.1, -0.05) is 6.07 Å². The number of Topliss-reactive ketones (excluding diaryl/α,β-unsaturated/α-hetero) is 1. The van der Waals surface area contributed by atoms with Gasteiger partial charge in [0.15, 0.2) is 5.78 Å². The minimum atomic E-state index is -1.24. The number of hydrogen-bond acceptors (Lipinski definition) is 7. The number of methoxy groups -OCH3 is 1. The van der Waals surface area contributed by atoms with Crippen LogP contribution in [0.25, 0.3) is 5.52 Å². The lowest BCUT2D eigenvalue weighted by Crippen LogP contribution is -2.35. The van der Waals surface area contributed by atoms with Gasteiger partial charge in [0.25, 0.3) is 0 Å². The zero-order valence-electron chi connectivity index (χ0n) is 20.2. The van der Waals surface area contributed by atoms with E-state index in [1.54, 1.807) is 47.1 Å². The fraction of sp³-hybridized carbons (Fsp3) is 0.185. The number of aliphatic hydroxyl groups excluding tert-OH is 1. The molecule has 0 amide bonds. The molecule has 0 saturated carbocycles. The van der Waals surface area contributed by atoms with Crippen molar-refractivity contribution in [2.24, 2.45) is 10.9 Å². The molecule has 2 aromatic heterocycles. The Kier molecular flexibility index (Phi) is 7.69. The van der Waals surface area contributed by atoms with E-state index in [1.165, 1.54) is 20.4 Å². The minimum absolute atomic E-state index is 0.0734. The molecule has 0 aliphatic rings. The third-order valence-corrected chi connectivity index (χ3v) is 5.82. The standard InChI is InChI=1S/C27H25F2N5O3/c1-31-14-23(25(30)17-10-18(28)12-19(29)11-17)27(36)26(24-5-3-4-21-6-7-32-34(21)24)33-20-8-16(15-35)9-22(13-20)37-2/h3-14,23,26,30,33,35H,15H2,1-2H3. The van der Waals surface area contributed by atoms with E-state index in [-0.39, 0.29) is 17.9 Å². The number of carbonyl (C=O) groups is 1. The Hall–Kier alpha value is -4.44. The molecule has 2 aromatic carbocycles. The van der Waals surface area contributed by atoms with Crippen LogP contribution < -0.4 is 10.1 Å². The molecule has 10 heteroatoms. The number of nitrogens with one attached hydrogen (secondary N) is 2. The average Bonchev–Trinajstić information content (AvgIpc) is 3.38. The summed E-state index contributed by atoms with van der Waals surface area (Å²) in [5.41, 5.74) is 1.85. The maximum atomic E-state index is 14.1. The van der Waals surface area contributed by atoms with Crippen molar-refractivity contribution in [2.75, 3.05) is 19.5 Å². The molecule has 0 bridgehead atoms. The van der Waals surface area contributed by atoms with Gasteiger partial charge in [0.05, 0.1) is 36.6 Å². The SMILES string of the molecule is CN=CC(C(=N)c1cc(F)cc(F)c1)C(=O)C(Nc1cc(CO)cc(OC)c1)c1cccc2ccnn12. The summed E-state index contributed by atoms with van der Waals surface area (Å²) >= 11 is 0. The number of benzene rings is 2. The van der Waals surface area contributed by atoms with Crippen LogP contribution in [0.5, 0.6) is 5.75 Å². The molecule has 2 atom stereocenters. The number of halogens is 2. The fourth-order valence-corrected chi connectivity index (χ4v) is 4.11. The quantitative estimate of drug-likeness (QED) is 0.280. The summed E-state index contributed by atoms with van der Waals surface area (Å²) in [4.78, 5) is 18.1. The molecule has 8 nitrogen and oxygen atoms in total. The van der Waals surface area contributed by atoms with E-state index in [0.29, 0.717) is 28.8 Å². The van der Waals surface area contributed by atoms with E-state index in [2.05, 4.69) is 15.4 Å². The molecule has 4 aromatic rings. The highest BCUT2D eigenvalue weighted by Crippen LogP contribution is 2.29. The molecule has 190 valence electrons. The largest absolute Gasteiger partial charge is 0.497 e. The zero-order chi connectivity index (χ0) is 26.5. The Bertz CT molecular complexity index is 1440. The fourth-order valence-electron chi connectivity index (χ4n) is 4.11. The van der Waals surface area contributed by atoms with E-state index in [1.807, 2.05) is 6.07 Å². The first-order valence-electron chi connectivity index (χ1n) is 11.3. The van der Waals surface area contributed by atoms with Gasteiger partial charge in [-0.15, -0.1) is 0 Å². The number of rotatable bonds is 10. The number of carbonyl (C=O) groups excluding carboxylic acids is 1. The first-order valence-corrected chi connectivity index (χ1v) is 11.3. The topological polar surface area (TPSA) is 112 Å². The number of ether oxygens (including phenoxy) is 1. The summed E-state index contributed by atoms with van der Waals surface area (Å²) < 4.78 is 34.8. The second-order valence-corrected chi connectivity index (χ2v) is 8.28. The second-order valence-electron chi connectivity index (χ2n) is 8.28. The predicted molar refractivity (Wildman–Crippen MR) is 137 cm³/mol. The van der Waals surface area contributed by atoms with Crippen LogP contribution in [0.1, 0.15) is 22.9 Å². The number of aliphatic imine (C=N–C) groups is 1. The summed E-state index contributed by atoms with van der Waals surface area (Å²) in [6.07, 6.45) is 2.87. The van der Waals surface area contributed by atoms with Crippen molar-refractivity contribution in [3.63, 3.8) is 0 Å². The highest BCUT2D eigenvalue weighted by Gasteiger charge is 2.33. The van der Waals surface area contributed by atoms with Crippen molar-refractivity contribution in [2.45, 2.75) is 12.6 Å². The number of fused-ring (bicyclic) bond motifs is 1. The van der Waals surface area contributed by atoms with Crippen LogP contribution in [0.3, 0.4) is 0 Å². The summed E-state index contributed by atoms with van der Waals surface area (Å²) in [5, 5.41) is 25.9. The van der Waals surface area contributed by atoms with Gasteiger partial charge in [0.2, 0.25) is 0 Å². The molecule has 2 unspecified atom stereocenters. The molecule has 0 saturated heterocycles. The molecule has 0 aliphatic carbocycles. The normalized spacial score (nSPS) is 13.0. The van der Waals surface area contributed by atoms with Crippen LogP contribution in [0, 0.1) is 23.0 Å². The van der Waals surface area contributed by atoms with Gasteiger partial charge in [-0.25, -0.2) is 13.3 Å². The Morgan fingerprint density at radius 2 is 1.95 bits per heavy atom. The van der Waals surface area contributed by atoms with Gasteiger partial charge in [-0.2, -0.15) is 5.10 Å². The first kappa shape index (κ1) is 25.6. The Labute approximate surface area is 211 Å². The van der Waals surface area contributed by atoms with Crippen molar-refractivity contribution >= 4 is 28.9 Å². The third kappa shape index (κ3) is 5.54. The van der Waals surface area contributed by atoms with E-state index in [0.717, 1.165) is 17.6 Å². The summed E-state index contributed by atoms with van der Waals surface area (Å²) in [6, 6.07) is 13.7. The minimum Gasteiger partial charge on any atom is -0.497 e. The highest BCUT2D eigenvalue weighted by atomic mass is 19.1. The molecular formula is C27H25F2N5O3. The average molecular weight is 506 g/mol. The molecule has 3 N–H and O–H groups in total. The molecular weight excluding hydrogens is 480 g/mol. The van der Waals surface area contributed by atoms with Crippen LogP contribution in [-0.4, -0.2) is 46.6 Å². The van der Waals surface area contributed by atoms with Gasteiger partial charge in [-0.05, 0) is 48.0 Å². The molecule has 37 heavy (non-hydrogen) atoms. The molecule has 0 fully saturated rings. The Morgan fingerprint density at radius 3 is 2.62 bits per heavy atom. The number of nitrogens with zero attached hydrogens (tertiary/aromatic N) is 3. The molecule has 0 spiro atoms. The number of anilines is 1. The van der Waals surface area contributed by atoms with Crippen LogP contribution in [0.4, 0.5) is 14.5 Å². The summed E-state index contributed by atoms with van der Waals surface area (Å²) in [6.45, 7) is -0.250. The maximum Gasteiger partial charge on any atom is 0.175 e. The van der Waals surface area contributed by atoms with Crippen LogP contribution in [-0.2, 0) is 11.4 Å². The predicted octanol–water partition coefficient (Wildman–Crippen LogP) is 4.22. The van der Waals surface area contributed by atoms with Gasteiger partial charge in [0, 0.05) is 42.8 Å². The first-order chi connectivity index (χ1) is 17.8. The maximum absolute atomic E-state index is 14.1. The number of hydrogen-bond donors (Lipinski definition) is 3. The number of pyridine rings is 1. The highest BCUT2D eigenvalue weighted by molar-refractivity contribution is 6.22. The van der Waals surface area contributed by atoms with E-state index >= 15 is 0 Å². The van der Waals surface area contributed by atoms with Crippen molar-refractivity contribution in [3.8, 4) is 5.75 Å². The Morgan fingerprint density at radius 1 is 1.19 bits per heavy atom. The van der Waals surface area contributed by atoms with Crippen molar-refractivity contribution in [1.82, 2.24) is 9.61 Å². The van der Waals surface area contributed by atoms with Gasteiger partial charge in [-0.3, -0.25) is 9.79 Å². The second kappa shape index (κ2) is 11.1. The van der Waals surface area contributed by atoms with Crippen LogP contribution >= 0.6 is 0 Å². The van der Waals surface area contributed by atoms with Crippen LogP contribution in [0.2, 0.25) is 0 Å². The lowest BCUT2D eigenvalue weighted by molar-refractivity contribution is -0.120. The van der Waals surface area contributed by atoms with Crippen molar-refractivity contribution < 1.29 is 23.4 Å². The third-order valence-electron chi connectivity index (χ3n) is 5.82. The molecule has 4 rings (SSSR count). The zero-order valence-corrected chi connectivity index (χ0v) is 20.2. The van der Waals surface area contributed by atoms with E-state index < -0.39 is 29.4 Å². The molecule has 0 aliphatic heterocycles. The van der Waals surface area contributed by atoms with E-state index in [9.17, 15) is 18.7 Å². The summed E-state index contributed by atoms with van der Waals surface area (Å²) in [7, 11) is 2.94. The molecule has 2 heterocycles. The monoisotopic (exact) mass is 505 g/mol. The van der Waals surface area contributed by atoms with Gasteiger partial charge < -0.3 is 20.6 Å². The molecule has 0 radical (unpaired) electrons. The van der Waals surface area contributed by atoms with Crippen molar-refractivity contribution in [3.05, 3.63) is 95.3 Å². The lowest BCUT2D eigenvalue weighted by atomic mass is 9.88. The van der Waals surface area contributed by atoms with Crippen LogP contribution in [0.15, 0.2) is 71.9 Å². The number of aliphatic hydroxyl groups is 1. The number of aromatic nitrogens is 2. The van der Waals surface area contributed by atoms with Gasteiger partial charge >= 0.3 is 0 Å². The Balaban J connectivity index is 1.82. The van der Waals surface area contributed by atoms with E-state index in [4.69, 9.17) is 10.1 Å². The summed E-state index contributed by atoms with van der Waals surface area (Å²) in [5.74, 6) is -2.99. The van der Waals surface area contributed by atoms with Crippen molar-refractivity contribution in [1.29, 1.82) is 5.41 Å². The van der Waals surface area contributed by atoms with Gasteiger partial charge in [0.1, 0.15) is 23.4 Å².